The monoisotopic (exact) mass is 371 g/mol. The van der Waals surface area contributed by atoms with Gasteiger partial charge in [0, 0.05) is 54.1 Å². The van der Waals surface area contributed by atoms with Crippen LogP contribution in [0.25, 0.3) is 11.3 Å². The van der Waals surface area contributed by atoms with Crippen LogP contribution in [0.5, 0.6) is 0 Å². The predicted molar refractivity (Wildman–Crippen MR) is 102 cm³/mol. The molecule has 3 rings (SSSR count). The third-order valence-corrected chi connectivity index (χ3v) is 5.21. The summed E-state index contributed by atoms with van der Waals surface area (Å²) in [6, 6.07) is 6.69. The Morgan fingerprint density at radius 1 is 1.35 bits per heavy atom. The Kier molecular flexibility index (Phi) is 5.43. The number of non-ortho nitro benzene ring substituents is 1. The van der Waals surface area contributed by atoms with Gasteiger partial charge in [-0.15, -0.1) is 11.3 Å². The quantitative estimate of drug-likeness (QED) is 0.501. The number of nitro benzene ring substituents is 1. The van der Waals surface area contributed by atoms with E-state index in [0.717, 1.165) is 33.9 Å². The van der Waals surface area contributed by atoms with E-state index in [1.807, 2.05) is 20.2 Å². The van der Waals surface area contributed by atoms with Gasteiger partial charge in [-0.2, -0.15) is 5.10 Å². The predicted octanol–water partition coefficient (Wildman–Crippen LogP) is 4.00. The van der Waals surface area contributed by atoms with E-state index in [4.69, 9.17) is 0 Å². The first-order valence-electron chi connectivity index (χ1n) is 8.40. The summed E-state index contributed by atoms with van der Waals surface area (Å²) in [5.74, 6) is 0. The molecule has 1 unspecified atom stereocenters. The number of nitrogens with one attached hydrogen (secondary N) is 1. The number of aromatic nitrogens is 3. The van der Waals surface area contributed by atoms with Gasteiger partial charge in [0.15, 0.2) is 0 Å². The first-order valence-corrected chi connectivity index (χ1v) is 9.28. The summed E-state index contributed by atoms with van der Waals surface area (Å²) in [5, 5.41) is 22.1. The topological polar surface area (TPSA) is 85.9 Å². The van der Waals surface area contributed by atoms with Crippen LogP contribution in [-0.2, 0) is 13.6 Å². The minimum Gasteiger partial charge on any atom is -0.304 e. The molecule has 26 heavy (non-hydrogen) atoms. The second kappa shape index (κ2) is 7.76. The highest BCUT2D eigenvalue weighted by Gasteiger charge is 2.16. The van der Waals surface area contributed by atoms with E-state index in [1.165, 1.54) is 12.1 Å². The van der Waals surface area contributed by atoms with Crippen molar-refractivity contribution in [2.24, 2.45) is 7.05 Å². The minimum atomic E-state index is -0.396. The highest BCUT2D eigenvalue weighted by molar-refractivity contribution is 7.09. The highest BCUT2D eigenvalue weighted by Crippen LogP contribution is 2.26. The van der Waals surface area contributed by atoms with Crippen molar-refractivity contribution in [3.8, 4) is 11.3 Å². The number of benzene rings is 1. The smallest absolute Gasteiger partial charge is 0.269 e. The van der Waals surface area contributed by atoms with E-state index < -0.39 is 4.92 Å². The molecule has 1 N–H and O–H groups in total. The Labute approximate surface area is 155 Å². The zero-order valence-electron chi connectivity index (χ0n) is 15.0. The fourth-order valence-electron chi connectivity index (χ4n) is 2.82. The minimum absolute atomic E-state index is 0.0783. The van der Waals surface area contributed by atoms with Crippen molar-refractivity contribution in [3.05, 3.63) is 62.2 Å². The van der Waals surface area contributed by atoms with Gasteiger partial charge in [-0.25, -0.2) is 4.98 Å². The fourth-order valence-corrected chi connectivity index (χ4v) is 3.78. The van der Waals surface area contributed by atoms with Crippen molar-refractivity contribution in [1.82, 2.24) is 20.1 Å². The van der Waals surface area contributed by atoms with Crippen LogP contribution in [0.2, 0.25) is 0 Å². The van der Waals surface area contributed by atoms with Crippen LogP contribution in [-0.4, -0.2) is 19.7 Å². The lowest BCUT2D eigenvalue weighted by molar-refractivity contribution is -0.384. The number of rotatable bonds is 7. The summed E-state index contributed by atoms with van der Waals surface area (Å²) >= 11 is 1.67. The van der Waals surface area contributed by atoms with Gasteiger partial charge in [-0.1, -0.05) is 6.92 Å². The lowest BCUT2D eigenvalue weighted by atomic mass is 10.1. The molecule has 0 aliphatic heterocycles. The molecule has 1 atom stereocenters. The Morgan fingerprint density at radius 2 is 2.08 bits per heavy atom. The van der Waals surface area contributed by atoms with Gasteiger partial charge < -0.3 is 5.32 Å². The van der Waals surface area contributed by atoms with Crippen LogP contribution >= 0.6 is 11.3 Å². The van der Waals surface area contributed by atoms with E-state index in [-0.39, 0.29) is 11.7 Å². The van der Waals surface area contributed by atoms with E-state index in [2.05, 4.69) is 27.7 Å². The number of thiazole rings is 1. The van der Waals surface area contributed by atoms with Gasteiger partial charge in [0.2, 0.25) is 0 Å². The average Bonchev–Trinajstić information content (AvgIpc) is 3.21. The van der Waals surface area contributed by atoms with Crippen LogP contribution in [0.3, 0.4) is 0 Å². The normalized spacial score (nSPS) is 12.3. The Hall–Kier alpha value is -2.58. The van der Waals surface area contributed by atoms with Gasteiger partial charge in [0.1, 0.15) is 5.01 Å². The maximum absolute atomic E-state index is 10.8. The maximum atomic E-state index is 10.8. The first-order chi connectivity index (χ1) is 12.5. The molecule has 0 saturated carbocycles. The molecule has 2 heterocycles. The fraction of sp³-hybridized carbons (Fsp3) is 0.333. The second-order valence-corrected chi connectivity index (χ2v) is 7.04. The lowest BCUT2D eigenvalue weighted by Gasteiger charge is -2.14. The molecule has 0 aliphatic carbocycles. The van der Waals surface area contributed by atoms with Crippen LogP contribution in [0.1, 0.15) is 35.7 Å². The van der Waals surface area contributed by atoms with Crippen LogP contribution in [0.4, 0.5) is 5.69 Å². The summed E-state index contributed by atoms with van der Waals surface area (Å²) < 4.78 is 1.77. The van der Waals surface area contributed by atoms with E-state index in [0.29, 0.717) is 6.54 Å². The molecular formula is C18H21N5O2S. The van der Waals surface area contributed by atoms with Crippen molar-refractivity contribution in [2.45, 2.75) is 32.9 Å². The molecular weight excluding hydrogens is 350 g/mol. The summed E-state index contributed by atoms with van der Waals surface area (Å²) in [7, 11) is 1.87. The van der Waals surface area contributed by atoms with Gasteiger partial charge >= 0.3 is 0 Å². The zero-order valence-corrected chi connectivity index (χ0v) is 15.8. The molecule has 0 aliphatic rings. The molecule has 0 saturated heterocycles. The molecule has 0 spiro atoms. The summed E-state index contributed by atoms with van der Waals surface area (Å²) in [4.78, 5) is 15.0. The third-order valence-electron chi connectivity index (χ3n) is 4.14. The van der Waals surface area contributed by atoms with Gasteiger partial charge in [0.05, 0.1) is 16.7 Å². The molecule has 0 amide bonds. The van der Waals surface area contributed by atoms with E-state index in [9.17, 15) is 10.1 Å². The van der Waals surface area contributed by atoms with Gasteiger partial charge in [-0.05, 0) is 25.5 Å². The number of hydrogen-bond donors (Lipinski definition) is 1. The molecule has 2 aromatic heterocycles. The van der Waals surface area contributed by atoms with E-state index >= 15 is 0 Å². The Bertz CT molecular complexity index is 901. The number of nitro groups is 1. The Morgan fingerprint density at radius 3 is 2.65 bits per heavy atom. The van der Waals surface area contributed by atoms with Gasteiger partial charge in [-0.3, -0.25) is 14.8 Å². The van der Waals surface area contributed by atoms with Crippen molar-refractivity contribution in [3.63, 3.8) is 0 Å². The molecule has 3 aromatic rings. The number of nitrogens with zero attached hydrogens (tertiary/aromatic N) is 4. The van der Waals surface area contributed by atoms with Crippen molar-refractivity contribution in [1.29, 1.82) is 0 Å². The summed E-state index contributed by atoms with van der Waals surface area (Å²) in [5.41, 5.74) is 3.87. The summed E-state index contributed by atoms with van der Waals surface area (Å²) in [6.07, 6.45) is 2.92. The molecule has 8 heteroatoms. The molecule has 0 radical (unpaired) electrons. The molecule has 136 valence electrons. The largest absolute Gasteiger partial charge is 0.304 e. The summed E-state index contributed by atoms with van der Waals surface area (Å²) in [6.45, 7) is 4.78. The van der Waals surface area contributed by atoms with Crippen molar-refractivity contribution >= 4 is 17.0 Å². The van der Waals surface area contributed by atoms with Crippen LogP contribution in [0.15, 0.2) is 35.8 Å². The van der Waals surface area contributed by atoms with Crippen molar-refractivity contribution in [2.75, 3.05) is 0 Å². The highest BCUT2D eigenvalue weighted by atomic mass is 32.1. The SMILES string of the molecule is CCC(NCc1cn(C)nc1-c1ccc([N+](=O)[O-])cc1)c1nc(C)cs1. The Balaban J connectivity index is 1.79. The molecule has 7 nitrogen and oxygen atoms in total. The van der Waals surface area contributed by atoms with Gasteiger partial charge in [0.25, 0.3) is 5.69 Å². The maximum Gasteiger partial charge on any atom is 0.269 e. The molecule has 1 aromatic carbocycles. The standard InChI is InChI=1S/C18H21N5O2S/c1-4-16(18-20-12(2)11-26-18)19-9-14-10-22(3)21-17(14)13-5-7-15(8-6-13)23(24)25/h5-8,10-11,16,19H,4,9H2,1-3H3. The number of aryl methyl sites for hydroxylation is 2. The van der Waals surface area contributed by atoms with Crippen LogP contribution in [0, 0.1) is 17.0 Å². The first kappa shape index (κ1) is 18.2. The number of hydrogen-bond acceptors (Lipinski definition) is 6. The lowest BCUT2D eigenvalue weighted by Crippen LogP contribution is -2.20. The molecule has 0 bridgehead atoms. The second-order valence-electron chi connectivity index (χ2n) is 6.15. The average molecular weight is 371 g/mol. The third kappa shape index (κ3) is 3.97. The van der Waals surface area contributed by atoms with E-state index in [1.54, 1.807) is 28.2 Å². The molecule has 0 fully saturated rings. The van der Waals surface area contributed by atoms with Crippen LogP contribution < -0.4 is 5.32 Å². The zero-order chi connectivity index (χ0) is 18.7. The van der Waals surface area contributed by atoms with Crippen molar-refractivity contribution < 1.29 is 4.92 Å².